The van der Waals surface area contributed by atoms with E-state index in [1.807, 2.05) is 0 Å². The third kappa shape index (κ3) is 3.82. The van der Waals surface area contributed by atoms with Crippen molar-refractivity contribution in [2.24, 2.45) is 0 Å². The van der Waals surface area contributed by atoms with Crippen LogP contribution in [0.15, 0.2) is 42.5 Å². The highest BCUT2D eigenvalue weighted by Gasteiger charge is 2.12. The van der Waals surface area contributed by atoms with E-state index in [9.17, 15) is 9.18 Å². The van der Waals surface area contributed by atoms with Gasteiger partial charge in [-0.1, -0.05) is 35.6 Å². The topological polar surface area (TPSA) is 49.3 Å². The molecule has 2 N–H and O–H groups in total. The van der Waals surface area contributed by atoms with Crippen LogP contribution in [0, 0.1) is 17.7 Å². The van der Waals surface area contributed by atoms with Gasteiger partial charge in [-0.3, -0.25) is 4.79 Å². The van der Waals surface area contributed by atoms with Crippen molar-refractivity contribution in [1.82, 2.24) is 0 Å². The van der Waals surface area contributed by atoms with Crippen molar-refractivity contribution in [2.45, 2.75) is 0 Å². The minimum atomic E-state index is -0.611. The van der Waals surface area contributed by atoms with E-state index in [1.54, 1.807) is 18.2 Å². The molecular weight excluding hydrogens is 293 g/mol. The van der Waals surface area contributed by atoms with Gasteiger partial charge in [-0.25, -0.2) is 4.39 Å². The minimum absolute atomic E-state index is 0.0708. The molecule has 0 bridgehead atoms. The Morgan fingerprint density at radius 2 is 2.05 bits per heavy atom. The van der Waals surface area contributed by atoms with Crippen molar-refractivity contribution in [2.75, 3.05) is 11.9 Å². The summed E-state index contributed by atoms with van der Waals surface area (Å²) in [5.74, 6) is 3.97. The molecule has 3 nitrogen and oxygen atoms in total. The number of amides is 1. The molecule has 0 heterocycles. The zero-order valence-corrected chi connectivity index (χ0v) is 11.6. The summed E-state index contributed by atoms with van der Waals surface area (Å²) in [4.78, 5) is 12.1. The summed E-state index contributed by atoms with van der Waals surface area (Å²) in [6, 6.07) is 10.4. The van der Waals surface area contributed by atoms with Crippen LogP contribution in [0.5, 0.6) is 0 Å². The Balaban J connectivity index is 2.33. The van der Waals surface area contributed by atoms with E-state index < -0.39 is 11.7 Å². The predicted molar refractivity (Wildman–Crippen MR) is 79.8 cm³/mol. The maximum Gasteiger partial charge on any atom is 0.258 e. The number of rotatable bonds is 2. The molecule has 2 rings (SSSR count). The van der Waals surface area contributed by atoms with Crippen molar-refractivity contribution in [3.05, 3.63) is 64.4 Å². The Hall–Kier alpha value is -2.35. The summed E-state index contributed by atoms with van der Waals surface area (Å²) in [5.41, 5.74) is 0.772. The van der Waals surface area contributed by atoms with Gasteiger partial charge >= 0.3 is 0 Å². The molecule has 0 saturated carbocycles. The van der Waals surface area contributed by atoms with Crippen LogP contribution in [-0.4, -0.2) is 17.6 Å². The normalized spacial score (nSPS) is 9.67. The first-order valence-electron chi connectivity index (χ1n) is 6.07. The van der Waals surface area contributed by atoms with Gasteiger partial charge in [-0.15, -0.1) is 0 Å². The van der Waals surface area contributed by atoms with Gasteiger partial charge in [-0.05, 0) is 30.3 Å². The number of halogens is 2. The Kier molecular flexibility index (Phi) is 4.94. The molecule has 1 amide bonds. The molecule has 0 saturated heterocycles. The van der Waals surface area contributed by atoms with Gasteiger partial charge in [0.25, 0.3) is 5.91 Å². The number of benzene rings is 2. The highest BCUT2D eigenvalue weighted by atomic mass is 35.5. The first kappa shape index (κ1) is 15.0. The zero-order valence-electron chi connectivity index (χ0n) is 10.9. The van der Waals surface area contributed by atoms with Crippen molar-refractivity contribution in [3.63, 3.8) is 0 Å². The molecule has 106 valence electrons. The van der Waals surface area contributed by atoms with Crippen molar-refractivity contribution < 1.29 is 14.3 Å². The molecule has 0 fully saturated rings. The van der Waals surface area contributed by atoms with Crippen LogP contribution in [0.4, 0.5) is 10.1 Å². The summed E-state index contributed by atoms with van der Waals surface area (Å²) in [5, 5.41) is 11.7. The highest BCUT2D eigenvalue weighted by Crippen LogP contribution is 2.21. The van der Waals surface area contributed by atoms with Crippen LogP contribution < -0.4 is 5.32 Å². The fourth-order valence-corrected chi connectivity index (χ4v) is 1.87. The maximum absolute atomic E-state index is 13.6. The van der Waals surface area contributed by atoms with Gasteiger partial charge < -0.3 is 10.4 Å². The van der Waals surface area contributed by atoms with Crippen LogP contribution in [0.1, 0.15) is 15.9 Å². The average molecular weight is 304 g/mol. The monoisotopic (exact) mass is 303 g/mol. The van der Waals surface area contributed by atoms with E-state index in [4.69, 9.17) is 16.7 Å². The Bertz CT molecular complexity index is 735. The smallest absolute Gasteiger partial charge is 0.258 e. The summed E-state index contributed by atoms with van der Waals surface area (Å²) in [6.07, 6.45) is 0. The molecule has 21 heavy (non-hydrogen) atoms. The van der Waals surface area contributed by atoms with Crippen molar-refractivity contribution in [3.8, 4) is 11.8 Å². The second-order valence-electron chi connectivity index (χ2n) is 4.08. The summed E-state index contributed by atoms with van der Waals surface area (Å²) in [6.45, 7) is -0.302. The molecule has 2 aromatic carbocycles. The second kappa shape index (κ2) is 6.89. The number of hydrogen-bond acceptors (Lipinski definition) is 2. The van der Waals surface area contributed by atoms with Gasteiger partial charge in [0, 0.05) is 10.6 Å². The van der Waals surface area contributed by atoms with Crippen LogP contribution in [0.3, 0.4) is 0 Å². The number of aliphatic hydroxyl groups is 1. The number of hydrogen-bond donors (Lipinski definition) is 2. The Labute approximate surface area is 126 Å². The second-order valence-corrected chi connectivity index (χ2v) is 4.52. The molecule has 0 spiro atoms. The standard InChI is InChI=1S/C16H11ClFNO2/c17-12-8-7-11(4-3-9-20)15(10-12)19-16(21)13-5-1-2-6-14(13)18/h1-2,5-8,10,20H,9H2,(H,19,21). The molecule has 0 radical (unpaired) electrons. The van der Waals surface area contributed by atoms with Gasteiger partial charge in [-0.2, -0.15) is 0 Å². The van der Waals surface area contributed by atoms with E-state index in [1.165, 1.54) is 24.3 Å². The molecule has 0 atom stereocenters. The number of carbonyl (C=O) groups is 1. The molecule has 0 unspecified atom stereocenters. The zero-order chi connectivity index (χ0) is 15.2. The predicted octanol–water partition coefficient (Wildman–Crippen LogP) is 3.08. The van der Waals surface area contributed by atoms with E-state index in [0.717, 1.165) is 0 Å². The number of aliphatic hydroxyl groups excluding tert-OH is 1. The van der Waals surface area contributed by atoms with Gasteiger partial charge in [0.15, 0.2) is 0 Å². The third-order valence-electron chi connectivity index (χ3n) is 2.65. The van der Waals surface area contributed by atoms with Crippen LogP contribution in [0.2, 0.25) is 5.02 Å². The highest BCUT2D eigenvalue weighted by molar-refractivity contribution is 6.31. The van der Waals surface area contributed by atoms with Gasteiger partial charge in [0.1, 0.15) is 12.4 Å². The Morgan fingerprint density at radius 1 is 1.29 bits per heavy atom. The van der Waals surface area contributed by atoms with Crippen molar-refractivity contribution in [1.29, 1.82) is 0 Å². The van der Waals surface area contributed by atoms with E-state index in [-0.39, 0.29) is 12.2 Å². The molecule has 2 aromatic rings. The molecule has 0 aliphatic rings. The van der Waals surface area contributed by atoms with E-state index in [0.29, 0.717) is 16.3 Å². The average Bonchev–Trinajstić information content (AvgIpc) is 2.47. The van der Waals surface area contributed by atoms with Crippen LogP contribution in [0.25, 0.3) is 0 Å². The molecule has 0 aliphatic carbocycles. The van der Waals surface area contributed by atoms with Gasteiger partial charge in [0.2, 0.25) is 0 Å². The lowest BCUT2D eigenvalue weighted by Crippen LogP contribution is -2.14. The number of anilines is 1. The summed E-state index contributed by atoms with van der Waals surface area (Å²) in [7, 11) is 0. The quantitative estimate of drug-likeness (QED) is 0.838. The third-order valence-corrected chi connectivity index (χ3v) is 2.89. The summed E-state index contributed by atoms with van der Waals surface area (Å²) < 4.78 is 13.6. The van der Waals surface area contributed by atoms with Crippen LogP contribution >= 0.6 is 11.6 Å². The SMILES string of the molecule is O=C(Nc1cc(Cl)ccc1C#CCO)c1ccccc1F. The fourth-order valence-electron chi connectivity index (χ4n) is 1.70. The van der Waals surface area contributed by atoms with E-state index >= 15 is 0 Å². The first-order chi connectivity index (χ1) is 10.1. The molecule has 0 aliphatic heterocycles. The Morgan fingerprint density at radius 3 is 2.76 bits per heavy atom. The van der Waals surface area contributed by atoms with E-state index in [2.05, 4.69) is 17.2 Å². The molecule has 0 aromatic heterocycles. The van der Waals surface area contributed by atoms with Crippen molar-refractivity contribution >= 4 is 23.2 Å². The lowest BCUT2D eigenvalue weighted by atomic mass is 10.1. The summed E-state index contributed by atoms with van der Waals surface area (Å²) >= 11 is 5.89. The number of nitrogens with one attached hydrogen (secondary N) is 1. The largest absolute Gasteiger partial charge is 0.384 e. The minimum Gasteiger partial charge on any atom is -0.384 e. The first-order valence-corrected chi connectivity index (χ1v) is 6.45. The van der Waals surface area contributed by atoms with Gasteiger partial charge in [0.05, 0.1) is 11.3 Å². The number of carbonyl (C=O) groups excluding carboxylic acids is 1. The maximum atomic E-state index is 13.6. The lowest BCUT2D eigenvalue weighted by molar-refractivity contribution is 0.102. The molecular formula is C16H11ClFNO2. The fraction of sp³-hybridized carbons (Fsp3) is 0.0625. The molecule has 5 heteroatoms. The van der Waals surface area contributed by atoms with Crippen LogP contribution in [-0.2, 0) is 0 Å². The lowest BCUT2D eigenvalue weighted by Gasteiger charge is -2.08.